The van der Waals surface area contributed by atoms with Crippen molar-refractivity contribution in [2.24, 2.45) is 0 Å². The first-order chi connectivity index (χ1) is 8.15. The number of benzene rings is 1. The summed E-state index contributed by atoms with van der Waals surface area (Å²) in [6, 6.07) is 1.51. The fourth-order valence-corrected chi connectivity index (χ4v) is 1.66. The Balaban J connectivity index is 2.44. The maximum absolute atomic E-state index is 9.26. The van der Waals surface area contributed by atoms with Crippen molar-refractivity contribution in [2.45, 2.75) is 6.92 Å². The van der Waals surface area contributed by atoms with Crippen molar-refractivity contribution in [2.75, 3.05) is 20.7 Å². The third kappa shape index (κ3) is 2.17. The summed E-state index contributed by atoms with van der Waals surface area (Å²) < 4.78 is 20.6. The molecule has 0 saturated heterocycles. The molecule has 1 aromatic carbocycles. The van der Waals surface area contributed by atoms with E-state index in [0.29, 0.717) is 17.2 Å². The molecule has 1 aromatic rings. The zero-order valence-electron chi connectivity index (χ0n) is 9.60. The number of hydrogen-bond donors (Lipinski definition) is 2. The van der Waals surface area contributed by atoms with E-state index in [1.807, 2.05) is 0 Å². The molecule has 2 rings (SSSR count). The largest absolute Gasteiger partial charge is 0.492 e. The van der Waals surface area contributed by atoms with Crippen LogP contribution in [0.25, 0.3) is 0 Å². The zero-order valence-corrected chi connectivity index (χ0v) is 9.60. The van der Waals surface area contributed by atoms with E-state index in [0.717, 1.165) is 5.56 Å². The summed E-state index contributed by atoms with van der Waals surface area (Å²) in [5.74, 6) is 1.29. The monoisotopic (exact) mass is 240 g/mol. The fourth-order valence-electron chi connectivity index (χ4n) is 1.66. The Morgan fingerprint density at radius 2 is 2.06 bits per heavy atom. The Bertz CT molecular complexity index is 420. The maximum Gasteiger partial charge on any atom is 0.492 e. The molecule has 0 spiro atoms. The van der Waals surface area contributed by atoms with Crippen LogP contribution in [0, 0.1) is 6.92 Å². The highest BCUT2D eigenvalue weighted by Crippen LogP contribution is 2.38. The summed E-state index contributed by atoms with van der Waals surface area (Å²) in [7, 11) is -0.139. The van der Waals surface area contributed by atoms with E-state index in [1.54, 1.807) is 6.92 Å². The van der Waals surface area contributed by atoms with Gasteiger partial charge in [0.15, 0.2) is 18.3 Å². The molecule has 0 aromatic heterocycles. The van der Waals surface area contributed by atoms with Gasteiger partial charge in [-0.2, -0.15) is 0 Å². The second-order valence-electron chi connectivity index (χ2n) is 3.58. The van der Waals surface area contributed by atoms with Gasteiger partial charge in [-0.1, -0.05) is 0 Å². The highest BCUT2D eigenvalue weighted by atomic mass is 16.7. The number of rotatable bonds is 4. The summed E-state index contributed by atoms with van der Waals surface area (Å²) in [4.78, 5) is 0. The average molecular weight is 240 g/mol. The Labute approximate surface area is 98.8 Å². The van der Waals surface area contributed by atoms with E-state index in [2.05, 4.69) is 0 Å². The van der Waals surface area contributed by atoms with Gasteiger partial charge in [-0.15, -0.1) is 0 Å². The predicted molar refractivity (Wildman–Crippen MR) is 59.6 cm³/mol. The van der Waals surface area contributed by atoms with Crippen molar-refractivity contribution in [1.82, 2.24) is 0 Å². The van der Waals surface area contributed by atoms with Crippen LogP contribution in [0.3, 0.4) is 0 Å². The van der Waals surface area contributed by atoms with E-state index < -0.39 is 7.12 Å². The summed E-state index contributed by atoms with van der Waals surface area (Å²) >= 11 is 0. The Morgan fingerprint density at radius 3 is 2.71 bits per heavy atom. The van der Waals surface area contributed by atoms with Gasteiger partial charge in [0.2, 0.25) is 6.79 Å². The van der Waals surface area contributed by atoms with Crippen molar-refractivity contribution < 1.29 is 29.0 Å². The van der Waals surface area contributed by atoms with E-state index in [4.69, 9.17) is 18.9 Å². The number of methoxy groups -OCH3 is 1. The molecule has 1 aliphatic heterocycles. The number of ether oxygens (including phenoxy) is 4. The van der Waals surface area contributed by atoms with Gasteiger partial charge in [-0.05, 0) is 13.0 Å². The fraction of sp³-hybridized carbons (Fsp3) is 0.400. The topological polar surface area (TPSA) is 77.4 Å². The lowest BCUT2D eigenvalue weighted by molar-refractivity contribution is 0.0505. The van der Waals surface area contributed by atoms with Crippen LogP contribution < -0.4 is 19.7 Å². The van der Waals surface area contributed by atoms with Crippen molar-refractivity contribution in [3.63, 3.8) is 0 Å². The van der Waals surface area contributed by atoms with E-state index in [9.17, 15) is 10.0 Å². The van der Waals surface area contributed by atoms with Gasteiger partial charge >= 0.3 is 7.12 Å². The SMILES string of the molecule is COCOc1cc(B(O)O)c2c(c1C)OCO2. The molecule has 7 heteroatoms. The van der Waals surface area contributed by atoms with Crippen molar-refractivity contribution >= 4 is 12.6 Å². The highest BCUT2D eigenvalue weighted by molar-refractivity contribution is 6.60. The van der Waals surface area contributed by atoms with Gasteiger partial charge in [-0.25, -0.2) is 0 Å². The van der Waals surface area contributed by atoms with E-state index in [1.165, 1.54) is 13.2 Å². The van der Waals surface area contributed by atoms with E-state index >= 15 is 0 Å². The first-order valence-electron chi connectivity index (χ1n) is 5.06. The Hall–Kier alpha value is -1.44. The van der Waals surface area contributed by atoms with Crippen LogP contribution >= 0.6 is 0 Å². The second-order valence-corrected chi connectivity index (χ2v) is 3.58. The average Bonchev–Trinajstić information content (AvgIpc) is 2.77. The number of hydrogen-bond acceptors (Lipinski definition) is 6. The predicted octanol–water partition coefficient (Wildman–Crippen LogP) is -0.614. The first kappa shape index (κ1) is 12.0. The van der Waals surface area contributed by atoms with Crippen LogP contribution in [0.15, 0.2) is 6.07 Å². The van der Waals surface area contributed by atoms with Gasteiger partial charge in [0.1, 0.15) is 5.75 Å². The van der Waals surface area contributed by atoms with Crippen LogP contribution in [-0.4, -0.2) is 37.9 Å². The van der Waals surface area contributed by atoms with Crippen LogP contribution in [0.2, 0.25) is 0 Å². The minimum absolute atomic E-state index is 0.0592. The van der Waals surface area contributed by atoms with Crippen LogP contribution in [0.5, 0.6) is 17.2 Å². The van der Waals surface area contributed by atoms with Crippen LogP contribution in [0.4, 0.5) is 0 Å². The lowest BCUT2D eigenvalue weighted by atomic mass is 9.78. The smallest absolute Gasteiger partial charge is 0.467 e. The molecule has 0 atom stereocenters. The molecule has 2 N–H and O–H groups in total. The summed E-state index contributed by atoms with van der Waals surface area (Å²) in [5.41, 5.74) is 0.952. The van der Waals surface area contributed by atoms with Crippen molar-refractivity contribution in [3.8, 4) is 17.2 Å². The van der Waals surface area contributed by atoms with Crippen molar-refractivity contribution in [1.29, 1.82) is 0 Å². The molecule has 1 heterocycles. The third-order valence-electron chi connectivity index (χ3n) is 2.48. The molecule has 0 unspecified atom stereocenters. The number of fused-ring (bicyclic) bond motifs is 1. The Morgan fingerprint density at radius 1 is 1.35 bits per heavy atom. The molecular weight excluding hydrogens is 227 g/mol. The minimum atomic E-state index is -1.64. The molecule has 0 fully saturated rings. The first-order valence-corrected chi connectivity index (χ1v) is 5.06. The van der Waals surface area contributed by atoms with Crippen molar-refractivity contribution in [3.05, 3.63) is 11.6 Å². The normalized spacial score (nSPS) is 12.7. The molecule has 0 amide bonds. The minimum Gasteiger partial charge on any atom is -0.467 e. The molecule has 1 aliphatic rings. The summed E-state index contributed by atoms with van der Waals surface area (Å²) in [6.07, 6.45) is 0. The molecule has 6 nitrogen and oxygen atoms in total. The molecule has 17 heavy (non-hydrogen) atoms. The maximum atomic E-state index is 9.26. The summed E-state index contributed by atoms with van der Waals surface area (Å²) in [5, 5.41) is 18.5. The summed E-state index contributed by atoms with van der Waals surface area (Å²) in [6.45, 7) is 1.93. The van der Waals surface area contributed by atoms with Gasteiger partial charge in [0, 0.05) is 18.1 Å². The molecule has 0 saturated carbocycles. The van der Waals surface area contributed by atoms with Gasteiger partial charge < -0.3 is 29.0 Å². The zero-order chi connectivity index (χ0) is 12.4. The van der Waals surface area contributed by atoms with Gasteiger partial charge in [-0.3, -0.25) is 0 Å². The molecule has 92 valence electrons. The molecule has 0 bridgehead atoms. The Kier molecular flexibility index (Phi) is 3.42. The van der Waals surface area contributed by atoms with Gasteiger partial charge in [0.05, 0.1) is 0 Å². The van der Waals surface area contributed by atoms with Crippen LogP contribution in [-0.2, 0) is 4.74 Å². The van der Waals surface area contributed by atoms with Crippen LogP contribution in [0.1, 0.15) is 5.56 Å². The lowest BCUT2D eigenvalue weighted by Crippen LogP contribution is -2.31. The van der Waals surface area contributed by atoms with E-state index in [-0.39, 0.29) is 19.0 Å². The lowest BCUT2D eigenvalue weighted by Gasteiger charge is -2.13. The quantitative estimate of drug-likeness (QED) is 0.539. The van der Waals surface area contributed by atoms with Gasteiger partial charge in [0.25, 0.3) is 0 Å². The molecule has 0 aliphatic carbocycles. The third-order valence-corrected chi connectivity index (χ3v) is 2.48. The molecular formula is C10H13BO6. The standard InChI is InChI=1S/C10H13BO6/c1-6-8(15-4-14-2)3-7(11(12)13)10-9(6)16-5-17-10/h3,12-13H,4-5H2,1-2H3. The molecule has 0 radical (unpaired) electrons. The second kappa shape index (κ2) is 4.83. The highest BCUT2D eigenvalue weighted by Gasteiger charge is 2.29.